The predicted molar refractivity (Wildman–Crippen MR) is 64.0 cm³/mol. The van der Waals surface area contributed by atoms with Crippen molar-refractivity contribution < 1.29 is 4.42 Å². The normalized spacial score (nSPS) is 8.67. The molecule has 2 aromatic rings. The van der Waals surface area contributed by atoms with Gasteiger partial charge in [-0.15, -0.1) is 0 Å². The number of rotatable bonds is 0. The molecule has 0 aliphatic rings. The second-order valence-corrected chi connectivity index (χ2v) is 2.50. The first-order chi connectivity index (χ1) is 7.27. The highest BCUT2D eigenvalue weighted by Crippen LogP contribution is 2.15. The van der Waals surface area contributed by atoms with Gasteiger partial charge in [0.25, 0.3) is 0 Å². The van der Waals surface area contributed by atoms with E-state index in [1.807, 2.05) is 47.6 Å². The van der Waals surface area contributed by atoms with E-state index in [1.165, 1.54) is 0 Å². The number of hydrogen-bond acceptors (Lipinski definition) is 3. The highest BCUT2D eigenvalue weighted by Gasteiger charge is 2.02. The maximum Gasteiger partial charge on any atom is 0.229 e. The standard InChI is InChI=1S/C8H8N2O.2C2H6/c1-5-7-3-4-11-8(7)10-6(2)9-5;2*1-2/h3-4H,1-2H3;2*1-2H3. The summed E-state index contributed by atoms with van der Waals surface area (Å²) in [6.45, 7) is 11.8. The van der Waals surface area contributed by atoms with Gasteiger partial charge < -0.3 is 4.42 Å². The van der Waals surface area contributed by atoms with E-state index in [-0.39, 0.29) is 0 Å². The second-order valence-electron chi connectivity index (χ2n) is 2.50. The van der Waals surface area contributed by atoms with Crippen LogP contribution in [0, 0.1) is 13.8 Å². The lowest BCUT2D eigenvalue weighted by molar-refractivity contribution is 0.600. The summed E-state index contributed by atoms with van der Waals surface area (Å²) in [5.74, 6) is 0.755. The smallest absolute Gasteiger partial charge is 0.229 e. The molecule has 15 heavy (non-hydrogen) atoms. The number of nitrogens with zero attached hydrogens (tertiary/aromatic N) is 2. The third-order valence-corrected chi connectivity index (χ3v) is 1.63. The minimum atomic E-state index is 0.676. The van der Waals surface area contributed by atoms with Gasteiger partial charge in [0.1, 0.15) is 5.82 Å². The van der Waals surface area contributed by atoms with Crippen molar-refractivity contribution in [2.45, 2.75) is 41.5 Å². The van der Waals surface area contributed by atoms with E-state index < -0.39 is 0 Å². The largest absolute Gasteiger partial charge is 0.446 e. The van der Waals surface area contributed by atoms with Crippen molar-refractivity contribution in [3.63, 3.8) is 0 Å². The molecule has 0 atom stereocenters. The van der Waals surface area contributed by atoms with Crippen LogP contribution in [0.1, 0.15) is 39.2 Å². The van der Waals surface area contributed by atoms with E-state index in [0.29, 0.717) is 5.71 Å². The van der Waals surface area contributed by atoms with Crippen LogP contribution in [0.4, 0.5) is 0 Å². The Morgan fingerprint density at radius 3 is 2.20 bits per heavy atom. The minimum Gasteiger partial charge on any atom is -0.446 e. The monoisotopic (exact) mass is 208 g/mol. The Balaban J connectivity index is 0.000000442. The van der Waals surface area contributed by atoms with Crippen molar-refractivity contribution in [1.29, 1.82) is 0 Å². The molecule has 0 saturated carbocycles. The molecule has 2 rings (SSSR count). The van der Waals surface area contributed by atoms with Crippen molar-refractivity contribution in [1.82, 2.24) is 9.97 Å². The fourth-order valence-corrected chi connectivity index (χ4v) is 1.14. The van der Waals surface area contributed by atoms with E-state index >= 15 is 0 Å². The number of hydrogen-bond donors (Lipinski definition) is 0. The first-order valence-corrected chi connectivity index (χ1v) is 5.46. The molecule has 0 radical (unpaired) electrons. The summed E-state index contributed by atoms with van der Waals surface area (Å²) < 4.78 is 5.13. The van der Waals surface area contributed by atoms with E-state index in [0.717, 1.165) is 16.9 Å². The molecule has 0 fully saturated rings. The third kappa shape index (κ3) is 3.35. The molecule has 0 aromatic carbocycles. The molecule has 0 N–H and O–H groups in total. The second kappa shape index (κ2) is 6.98. The molecular formula is C12H20N2O. The van der Waals surface area contributed by atoms with Gasteiger partial charge in [0, 0.05) is 0 Å². The number of aromatic nitrogens is 2. The highest BCUT2D eigenvalue weighted by molar-refractivity contribution is 5.75. The van der Waals surface area contributed by atoms with Crippen LogP contribution >= 0.6 is 0 Å². The zero-order valence-electron chi connectivity index (χ0n) is 10.5. The summed E-state index contributed by atoms with van der Waals surface area (Å²) in [5, 5.41) is 0.996. The van der Waals surface area contributed by atoms with E-state index in [2.05, 4.69) is 9.97 Å². The van der Waals surface area contributed by atoms with Crippen molar-refractivity contribution >= 4 is 11.1 Å². The maximum absolute atomic E-state index is 5.13. The lowest BCUT2D eigenvalue weighted by atomic mass is 10.3. The van der Waals surface area contributed by atoms with Crippen molar-refractivity contribution in [2.24, 2.45) is 0 Å². The van der Waals surface area contributed by atoms with E-state index in [9.17, 15) is 0 Å². The van der Waals surface area contributed by atoms with E-state index in [1.54, 1.807) is 6.26 Å². The Kier molecular flexibility index (Phi) is 6.34. The topological polar surface area (TPSA) is 38.9 Å². The average molecular weight is 208 g/mol. The average Bonchev–Trinajstić information content (AvgIpc) is 2.72. The van der Waals surface area contributed by atoms with Gasteiger partial charge in [-0.2, -0.15) is 4.98 Å². The van der Waals surface area contributed by atoms with Crippen molar-refractivity contribution in [2.75, 3.05) is 0 Å². The molecule has 2 heterocycles. The molecule has 3 heteroatoms. The lowest BCUT2D eigenvalue weighted by Crippen LogP contribution is -1.89. The first-order valence-electron chi connectivity index (χ1n) is 5.46. The van der Waals surface area contributed by atoms with Gasteiger partial charge in [-0.05, 0) is 19.9 Å². The van der Waals surface area contributed by atoms with Crippen LogP contribution in [-0.4, -0.2) is 9.97 Å². The summed E-state index contributed by atoms with van der Waals surface area (Å²) in [4.78, 5) is 8.32. The molecule has 0 aliphatic heterocycles. The molecule has 3 nitrogen and oxygen atoms in total. The Morgan fingerprint density at radius 1 is 1.00 bits per heavy atom. The Hall–Kier alpha value is -1.38. The number of furan rings is 1. The predicted octanol–water partition coefficient (Wildman–Crippen LogP) is 3.89. The highest BCUT2D eigenvalue weighted by atomic mass is 16.3. The molecular weight excluding hydrogens is 188 g/mol. The first kappa shape index (κ1) is 13.6. The summed E-state index contributed by atoms with van der Waals surface area (Å²) >= 11 is 0. The fraction of sp³-hybridized carbons (Fsp3) is 0.500. The van der Waals surface area contributed by atoms with Crippen molar-refractivity contribution in [3.05, 3.63) is 23.8 Å². The third-order valence-electron chi connectivity index (χ3n) is 1.63. The van der Waals surface area contributed by atoms with Crippen LogP contribution in [0.3, 0.4) is 0 Å². The molecule has 0 amide bonds. The minimum absolute atomic E-state index is 0.676. The summed E-state index contributed by atoms with van der Waals surface area (Å²) in [5.41, 5.74) is 1.65. The van der Waals surface area contributed by atoms with Crippen LogP contribution in [-0.2, 0) is 0 Å². The molecule has 0 unspecified atom stereocenters. The Bertz CT molecular complexity index is 393. The molecule has 2 aromatic heterocycles. The van der Waals surface area contributed by atoms with Gasteiger partial charge in [0.2, 0.25) is 5.71 Å². The molecule has 0 bridgehead atoms. The van der Waals surface area contributed by atoms with Gasteiger partial charge in [-0.1, -0.05) is 27.7 Å². The zero-order chi connectivity index (χ0) is 11.8. The lowest BCUT2D eigenvalue weighted by Gasteiger charge is -1.94. The molecule has 0 aliphatic carbocycles. The van der Waals surface area contributed by atoms with Gasteiger partial charge in [0.05, 0.1) is 17.3 Å². The van der Waals surface area contributed by atoms with Gasteiger partial charge in [-0.3, -0.25) is 0 Å². The van der Waals surface area contributed by atoms with E-state index in [4.69, 9.17) is 4.42 Å². The number of fused-ring (bicyclic) bond motifs is 1. The molecule has 0 saturated heterocycles. The zero-order valence-corrected chi connectivity index (χ0v) is 10.5. The summed E-state index contributed by atoms with van der Waals surface area (Å²) in [7, 11) is 0. The Morgan fingerprint density at radius 2 is 1.60 bits per heavy atom. The van der Waals surface area contributed by atoms with Crippen LogP contribution in [0.2, 0.25) is 0 Å². The summed E-state index contributed by atoms with van der Waals surface area (Å²) in [6.07, 6.45) is 1.63. The Labute approximate surface area is 91.5 Å². The van der Waals surface area contributed by atoms with Crippen LogP contribution < -0.4 is 0 Å². The molecule has 0 spiro atoms. The van der Waals surface area contributed by atoms with Gasteiger partial charge in [-0.25, -0.2) is 4.98 Å². The van der Waals surface area contributed by atoms with Crippen molar-refractivity contribution in [3.8, 4) is 0 Å². The number of aryl methyl sites for hydroxylation is 2. The quantitative estimate of drug-likeness (QED) is 0.659. The maximum atomic E-state index is 5.13. The fourth-order valence-electron chi connectivity index (χ4n) is 1.14. The van der Waals surface area contributed by atoms with Crippen LogP contribution in [0.5, 0.6) is 0 Å². The van der Waals surface area contributed by atoms with Gasteiger partial charge >= 0.3 is 0 Å². The van der Waals surface area contributed by atoms with Crippen LogP contribution in [0.15, 0.2) is 16.7 Å². The summed E-state index contributed by atoms with van der Waals surface area (Å²) in [6, 6.07) is 1.88. The SMILES string of the molecule is CC.CC.Cc1nc(C)c2ccoc2n1. The van der Waals surface area contributed by atoms with Gasteiger partial charge in [0.15, 0.2) is 0 Å². The van der Waals surface area contributed by atoms with Crippen LogP contribution in [0.25, 0.3) is 11.1 Å². The molecule has 84 valence electrons.